The van der Waals surface area contributed by atoms with Crippen LogP contribution >= 0.6 is 0 Å². The molecule has 0 atom stereocenters. The summed E-state index contributed by atoms with van der Waals surface area (Å²) in [6.45, 7) is 3.19. The van der Waals surface area contributed by atoms with Gasteiger partial charge in [-0.3, -0.25) is 9.59 Å². The average molecular weight is 359 g/mol. The summed E-state index contributed by atoms with van der Waals surface area (Å²) in [5.74, 6) is -0.0809. The molecule has 0 radical (unpaired) electrons. The van der Waals surface area contributed by atoms with E-state index < -0.39 is 0 Å². The Balaban J connectivity index is 1.64. The van der Waals surface area contributed by atoms with Crippen molar-refractivity contribution in [1.82, 2.24) is 10.6 Å². The Morgan fingerprint density at radius 2 is 2.04 bits per heavy atom. The third-order valence-electron chi connectivity index (χ3n) is 5.50. The van der Waals surface area contributed by atoms with Gasteiger partial charge in [0.25, 0.3) is 0 Å². The van der Waals surface area contributed by atoms with Crippen LogP contribution in [-0.4, -0.2) is 51.7 Å². The highest BCUT2D eigenvalue weighted by molar-refractivity contribution is 5.99. The minimum absolute atomic E-state index is 0.0175. The van der Waals surface area contributed by atoms with Crippen molar-refractivity contribution in [3.8, 4) is 0 Å². The zero-order chi connectivity index (χ0) is 18.4. The van der Waals surface area contributed by atoms with E-state index in [1.807, 2.05) is 24.3 Å². The van der Waals surface area contributed by atoms with Crippen molar-refractivity contribution in [2.24, 2.45) is 5.41 Å². The van der Waals surface area contributed by atoms with Crippen molar-refractivity contribution in [2.75, 3.05) is 44.8 Å². The minimum Gasteiger partial charge on any atom is -0.384 e. The number of methoxy groups -OCH3 is 1. The molecular weight excluding hydrogens is 330 g/mol. The largest absolute Gasteiger partial charge is 0.384 e. The summed E-state index contributed by atoms with van der Waals surface area (Å²) in [4.78, 5) is 26.8. The van der Waals surface area contributed by atoms with Gasteiger partial charge in [-0.15, -0.1) is 0 Å². The highest BCUT2D eigenvalue weighted by Gasteiger charge is 2.33. The monoisotopic (exact) mass is 359 g/mol. The van der Waals surface area contributed by atoms with Gasteiger partial charge in [0.05, 0.1) is 6.61 Å². The Hall–Kier alpha value is -1.92. The third kappa shape index (κ3) is 4.43. The second-order valence-electron chi connectivity index (χ2n) is 7.42. The number of ether oxygens (including phenoxy) is 1. The van der Waals surface area contributed by atoms with Gasteiger partial charge in [-0.05, 0) is 50.4 Å². The highest BCUT2D eigenvalue weighted by Crippen LogP contribution is 2.29. The molecule has 2 heterocycles. The standard InChI is InChI=1S/C20H29N3O3/c1-26-15-20(9-11-21-12-10-20)14-22-18(24)13-23-17-7-3-2-5-16(17)6-4-8-19(23)25/h2-3,5,7,21H,4,6,8-15H2,1H3,(H,22,24). The molecule has 0 aliphatic carbocycles. The summed E-state index contributed by atoms with van der Waals surface area (Å²) in [5, 5.41) is 6.41. The van der Waals surface area contributed by atoms with E-state index in [-0.39, 0.29) is 23.8 Å². The van der Waals surface area contributed by atoms with Gasteiger partial charge in [0.2, 0.25) is 11.8 Å². The molecule has 0 saturated carbocycles. The first-order chi connectivity index (χ1) is 12.6. The number of hydrogen-bond donors (Lipinski definition) is 2. The van der Waals surface area contributed by atoms with Crippen molar-refractivity contribution in [2.45, 2.75) is 32.1 Å². The van der Waals surface area contributed by atoms with Crippen LogP contribution < -0.4 is 15.5 Å². The van der Waals surface area contributed by atoms with Crippen LogP contribution in [0.5, 0.6) is 0 Å². The number of amides is 2. The summed E-state index contributed by atoms with van der Waals surface area (Å²) in [7, 11) is 1.71. The van der Waals surface area contributed by atoms with E-state index in [1.165, 1.54) is 0 Å². The number of hydrogen-bond acceptors (Lipinski definition) is 4. The van der Waals surface area contributed by atoms with Gasteiger partial charge in [0, 0.05) is 31.2 Å². The predicted molar refractivity (Wildman–Crippen MR) is 101 cm³/mol. The maximum Gasteiger partial charge on any atom is 0.240 e. The number of anilines is 1. The number of carbonyl (C=O) groups is 2. The molecule has 2 N–H and O–H groups in total. The molecule has 2 aliphatic rings. The number of nitrogens with zero attached hydrogens (tertiary/aromatic N) is 1. The van der Waals surface area contributed by atoms with Crippen LogP contribution in [0.3, 0.4) is 0 Å². The van der Waals surface area contributed by atoms with Crippen molar-refractivity contribution >= 4 is 17.5 Å². The maximum absolute atomic E-state index is 12.6. The van der Waals surface area contributed by atoms with Gasteiger partial charge >= 0.3 is 0 Å². The molecule has 0 spiro atoms. The lowest BCUT2D eigenvalue weighted by atomic mass is 9.79. The first-order valence-electron chi connectivity index (χ1n) is 9.48. The molecule has 6 nitrogen and oxygen atoms in total. The van der Waals surface area contributed by atoms with E-state index in [0.29, 0.717) is 19.6 Å². The maximum atomic E-state index is 12.6. The number of piperidine rings is 1. The molecular formula is C20H29N3O3. The number of carbonyl (C=O) groups excluding carboxylic acids is 2. The smallest absolute Gasteiger partial charge is 0.240 e. The second-order valence-corrected chi connectivity index (χ2v) is 7.42. The van der Waals surface area contributed by atoms with Gasteiger partial charge in [-0.1, -0.05) is 18.2 Å². The molecule has 2 aliphatic heterocycles. The molecule has 2 amide bonds. The second kappa shape index (κ2) is 8.64. The van der Waals surface area contributed by atoms with E-state index in [4.69, 9.17) is 4.74 Å². The Morgan fingerprint density at radius 1 is 1.27 bits per heavy atom. The summed E-state index contributed by atoms with van der Waals surface area (Å²) in [6.07, 6.45) is 4.16. The molecule has 1 aromatic carbocycles. The molecule has 1 aromatic rings. The van der Waals surface area contributed by atoms with Crippen LogP contribution in [0.2, 0.25) is 0 Å². The van der Waals surface area contributed by atoms with E-state index >= 15 is 0 Å². The highest BCUT2D eigenvalue weighted by atomic mass is 16.5. The number of nitrogens with one attached hydrogen (secondary N) is 2. The van der Waals surface area contributed by atoms with Gasteiger partial charge in [-0.2, -0.15) is 0 Å². The number of rotatable bonds is 6. The molecule has 1 fully saturated rings. The molecule has 1 saturated heterocycles. The number of aryl methyl sites for hydroxylation is 1. The fraction of sp³-hybridized carbons (Fsp3) is 0.600. The molecule has 0 bridgehead atoms. The van der Waals surface area contributed by atoms with E-state index in [2.05, 4.69) is 10.6 Å². The van der Waals surface area contributed by atoms with Crippen LogP contribution in [0.15, 0.2) is 24.3 Å². The fourth-order valence-corrected chi connectivity index (χ4v) is 3.98. The van der Waals surface area contributed by atoms with Crippen LogP contribution in [0.1, 0.15) is 31.2 Å². The zero-order valence-electron chi connectivity index (χ0n) is 15.6. The Morgan fingerprint density at radius 3 is 2.81 bits per heavy atom. The summed E-state index contributed by atoms with van der Waals surface area (Å²) in [6, 6.07) is 7.88. The first kappa shape index (κ1) is 18.9. The van der Waals surface area contributed by atoms with Crippen LogP contribution in [0, 0.1) is 5.41 Å². The number of benzene rings is 1. The van der Waals surface area contributed by atoms with Gasteiger partial charge in [0.1, 0.15) is 6.54 Å². The Labute approximate surface area is 155 Å². The van der Waals surface area contributed by atoms with Crippen LogP contribution in [0.4, 0.5) is 5.69 Å². The first-order valence-corrected chi connectivity index (χ1v) is 9.48. The zero-order valence-corrected chi connectivity index (χ0v) is 15.6. The van der Waals surface area contributed by atoms with Crippen molar-refractivity contribution in [3.63, 3.8) is 0 Å². The van der Waals surface area contributed by atoms with Crippen molar-refractivity contribution in [1.29, 1.82) is 0 Å². The normalized spacial score (nSPS) is 19.6. The lowest BCUT2D eigenvalue weighted by molar-refractivity contribution is -0.124. The molecule has 6 heteroatoms. The summed E-state index contributed by atoms with van der Waals surface area (Å²) >= 11 is 0. The molecule has 142 valence electrons. The van der Waals surface area contributed by atoms with Crippen LogP contribution in [-0.2, 0) is 20.7 Å². The lowest BCUT2D eigenvalue weighted by Gasteiger charge is -2.37. The molecule has 0 unspecified atom stereocenters. The Bertz CT molecular complexity index is 635. The van der Waals surface area contributed by atoms with Gasteiger partial charge in [-0.25, -0.2) is 0 Å². The summed E-state index contributed by atoms with van der Waals surface area (Å²) in [5.41, 5.74) is 2.00. The number of para-hydroxylation sites is 1. The fourth-order valence-electron chi connectivity index (χ4n) is 3.98. The van der Waals surface area contributed by atoms with Gasteiger partial charge in [0.15, 0.2) is 0 Å². The third-order valence-corrected chi connectivity index (χ3v) is 5.50. The predicted octanol–water partition coefficient (Wildman–Crippen LogP) is 1.49. The summed E-state index contributed by atoms with van der Waals surface area (Å²) < 4.78 is 5.40. The number of fused-ring (bicyclic) bond motifs is 1. The van der Waals surface area contributed by atoms with E-state index in [1.54, 1.807) is 12.0 Å². The topological polar surface area (TPSA) is 70.7 Å². The SMILES string of the molecule is COCC1(CNC(=O)CN2C(=O)CCCc3ccccc32)CCNCC1. The van der Waals surface area contributed by atoms with Gasteiger partial charge < -0.3 is 20.3 Å². The van der Waals surface area contributed by atoms with E-state index in [9.17, 15) is 9.59 Å². The van der Waals surface area contributed by atoms with Crippen molar-refractivity contribution < 1.29 is 14.3 Å². The lowest BCUT2D eigenvalue weighted by Crippen LogP contribution is -2.49. The minimum atomic E-state index is -0.107. The Kier molecular flexibility index (Phi) is 6.27. The van der Waals surface area contributed by atoms with E-state index in [0.717, 1.165) is 50.0 Å². The molecule has 0 aromatic heterocycles. The average Bonchev–Trinajstić information content (AvgIpc) is 2.81. The molecule has 3 rings (SSSR count). The molecule has 26 heavy (non-hydrogen) atoms. The quantitative estimate of drug-likeness (QED) is 0.807. The van der Waals surface area contributed by atoms with Crippen LogP contribution in [0.25, 0.3) is 0 Å². The van der Waals surface area contributed by atoms with Crippen molar-refractivity contribution in [3.05, 3.63) is 29.8 Å².